The fourth-order valence-electron chi connectivity index (χ4n) is 2.18. The number of aromatic amines is 1. The van der Waals surface area contributed by atoms with Gasteiger partial charge < -0.3 is 14.5 Å². The molecule has 8 heteroatoms. The molecular weight excluding hydrogens is 362 g/mol. The molecule has 1 N–H and O–H groups in total. The van der Waals surface area contributed by atoms with Crippen molar-refractivity contribution in [2.24, 2.45) is 0 Å². The lowest BCUT2D eigenvalue weighted by Crippen LogP contribution is -2.14. The molecular formula is C17H18ClN3O3S. The van der Waals surface area contributed by atoms with Crippen LogP contribution in [-0.2, 0) is 0 Å². The maximum Gasteiger partial charge on any atom is 0.270 e. The van der Waals surface area contributed by atoms with E-state index in [9.17, 15) is 10.1 Å². The van der Waals surface area contributed by atoms with Gasteiger partial charge in [0.05, 0.1) is 24.4 Å². The van der Waals surface area contributed by atoms with E-state index >= 15 is 0 Å². The van der Waals surface area contributed by atoms with Gasteiger partial charge in [0.1, 0.15) is 11.6 Å². The summed E-state index contributed by atoms with van der Waals surface area (Å²) in [4.78, 5) is 19.0. The van der Waals surface area contributed by atoms with Crippen LogP contribution in [0.2, 0.25) is 5.02 Å². The number of nitrogens with zero attached hydrogens (tertiary/aromatic N) is 2. The Morgan fingerprint density at radius 2 is 2.20 bits per heavy atom. The Kier molecular flexibility index (Phi) is 6.73. The molecule has 0 saturated carbocycles. The fraction of sp³-hybridized carbons (Fsp3) is 0.353. The van der Waals surface area contributed by atoms with Gasteiger partial charge in [0.15, 0.2) is 16.7 Å². The minimum atomic E-state index is -0.491. The molecule has 0 aliphatic heterocycles. The third-order valence-electron chi connectivity index (χ3n) is 3.45. The number of thioether (sulfide) groups is 1. The van der Waals surface area contributed by atoms with E-state index in [4.69, 9.17) is 21.1 Å². The Balaban J connectivity index is 2.58. The molecule has 0 bridgehead atoms. The zero-order valence-corrected chi connectivity index (χ0v) is 15.8. The summed E-state index contributed by atoms with van der Waals surface area (Å²) < 4.78 is 11.1. The van der Waals surface area contributed by atoms with Crippen LogP contribution < -0.4 is 15.0 Å². The summed E-state index contributed by atoms with van der Waals surface area (Å²) in [6.07, 6.45) is 3.68. The summed E-state index contributed by atoms with van der Waals surface area (Å²) in [5, 5.41) is 10.1. The molecule has 1 aromatic carbocycles. The monoisotopic (exact) mass is 379 g/mol. The van der Waals surface area contributed by atoms with E-state index < -0.39 is 5.56 Å². The number of hydrogen-bond acceptors (Lipinski definition) is 6. The number of hydrogen-bond donors (Lipinski definition) is 1. The average molecular weight is 380 g/mol. The second-order valence-corrected chi connectivity index (χ2v) is 6.30. The summed E-state index contributed by atoms with van der Waals surface area (Å²) in [6, 6.07) is 5.19. The second kappa shape index (κ2) is 8.79. The molecule has 2 rings (SSSR count). The maximum atomic E-state index is 12.1. The van der Waals surface area contributed by atoms with Crippen LogP contribution in [0.25, 0.3) is 11.3 Å². The zero-order chi connectivity index (χ0) is 18.4. The van der Waals surface area contributed by atoms with E-state index in [1.54, 1.807) is 18.4 Å². The topological polar surface area (TPSA) is 88.0 Å². The Hall–Kier alpha value is -2.17. The zero-order valence-electron chi connectivity index (χ0n) is 14.2. The van der Waals surface area contributed by atoms with Gasteiger partial charge in [-0.15, -0.1) is 0 Å². The summed E-state index contributed by atoms with van der Waals surface area (Å²) in [5.41, 5.74) is 0.212. The van der Waals surface area contributed by atoms with Crippen LogP contribution >= 0.6 is 23.4 Å². The molecule has 25 heavy (non-hydrogen) atoms. The molecule has 0 radical (unpaired) electrons. The lowest BCUT2D eigenvalue weighted by atomic mass is 10.1. The predicted molar refractivity (Wildman–Crippen MR) is 98.8 cm³/mol. The molecule has 0 saturated heterocycles. The highest BCUT2D eigenvalue weighted by atomic mass is 35.5. The Bertz CT molecular complexity index is 861. The van der Waals surface area contributed by atoms with Crippen molar-refractivity contribution in [2.75, 3.05) is 20.0 Å². The number of unbranched alkanes of at least 4 members (excludes halogenated alkanes) is 1. The molecule has 0 amide bonds. The van der Waals surface area contributed by atoms with Gasteiger partial charge >= 0.3 is 0 Å². The van der Waals surface area contributed by atoms with Crippen LogP contribution in [0.5, 0.6) is 11.5 Å². The maximum absolute atomic E-state index is 12.1. The molecule has 0 aliphatic carbocycles. The first kappa shape index (κ1) is 19.2. The summed E-state index contributed by atoms with van der Waals surface area (Å²) >= 11 is 7.62. The summed E-state index contributed by atoms with van der Waals surface area (Å²) in [5.74, 6) is 0.866. The number of methoxy groups -OCH3 is 1. The third-order valence-corrected chi connectivity index (χ3v) is 4.31. The van der Waals surface area contributed by atoms with Gasteiger partial charge in [0.25, 0.3) is 5.56 Å². The van der Waals surface area contributed by atoms with Crippen LogP contribution in [0, 0.1) is 11.3 Å². The first-order chi connectivity index (χ1) is 12.0. The van der Waals surface area contributed by atoms with E-state index in [-0.39, 0.29) is 11.3 Å². The average Bonchev–Trinajstić information content (AvgIpc) is 2.61. The van der Waals surface area contributed by atoms with Crippen molar-refractivity contribution in [1.82, 2.24) is 9.97 Å². The number of H-pyrrole nitrogens is 1. The molecule has 0 unspecified atom stereocenters. The minimum Gasteiger partial charge on any atom is -0.493 e. The molecule has 132 valence electrons. The number of rotatable bonds is 7. The predicted octanol–water partition coefficient (Wildman–Crippen LogP) is 3.87. The Morgan fingerprint density at radius 1 is 1.44 bits per heavy atom. The lowest BCUT2D eigenvalue weighted by Gasteiger charge is -2.14. The van der Waals surface area contributed by atoms with Gasteiger partial charge in [-0.05, 0) is 24.8 Å². The van der Waals surface area contributed by atoms with E-state index in [2.05, 4.69) is 16.9 Å². The molecule has 6 nitrogen and oxygen atoms in total. The van der Waals surface area contributed by atoms with E-state index in [1.807, 2.05) is 6.07 Å². The Labute approximate surface area is 155 Å². The number of halogens is 1. The van der Waals surface area contributed by atoms with Crippen LogP contribution in [0.4, 0.5) is 0 Å². The fourth-order valence-corrected chi connectivity index (χ4v) is 2.82. The molecule has 0 spiro atoms. The smallest absolute Gasteiger partial charge is 0.270 e. The normalized spacial score (nSPS) is 10.4. The highest BCUT2D eigenvalue weighted by Crippen LogP contribution is 2.39. The van der Waals surface area contributed by atoms with Crippen LogP contribution in [0.15, 0.2) is 22.1 Å². The standard InChI is InChI=1S/C17H18ClN3O3S/c1-4-5-6-24-15-12(18)7-10(8-13(15)23-2)14-11(9-19)16(22)21-17(20-14)25-3/h7-8H,4-6H2,1-3H3,(H,20,21,22). The van der Waals surface area contributed by atoms with Crippen LogP contribution in [0.3, 0.4) is 0 Å². The van der Waals surface area contributed by atoms with Gasteiger partial charge in [0.2, 0.25) is 0 Å². The molecule has 0 aliphatic rings. The number of aromatic nitrogens is 2. The molecule has 0 fully saturated rings. The van der Waals surface area contributed by atoms with Gasteiger partial charge in [-0.25, -0.2) is 4.98 Å². The van der Waals surface area contributed by atoms with E-state index in [1.165, 1.54) is 18.9 Å². The van der Waals surface area contributed by atoms with E-state index in [0.717, 1.165) is 12.8 Å². The largest absolute Gasteiger partial charge is 0.493 e. The van der Waals surface area contributed by atoms with Gasteiger partial charge in [-0.2, -0.15) is 5.26 Å². The van der Waals surface area contributed by atoms with Gasteiger partial charge in [0, 0.05) is 5.56 Å². The highest BCUT2D eigenvalue weighted by Gasteiger charge is 2.18. The number of benzene rings is 1. The van der Waals surface area contributed by atoms with Crippen molar-refractivity contribution in [3.8, 4) is 28.8 Å². The molecule has 1 aromatic heterocycles. The first-order valence-corrected chi connectivity index (χ1v) is 9.25. The van der Waals surface area contributed by atoms with Crippen molar-refractivity contribution in [1.29, 1.82) is 5.26 Å². The van der Waals surface area contributed by atoms with Crippen molar-refractivity contribution < 1.29 is 9.47 Å². The first-order valence-electron chi connectivity index (χ1n) is 7.64. The van der Waals surface area contributed by atoms with Crippen LogP contribution in [0.1, 0.15) is 25.3 Å². The van der Waals surface area contributed by atoms with Crippen molar-refractivity contribution in [3.63, 3.8) is 0 Å². The number of nitrogens with one attached hydrogen (secondary N) is 1. The van der Waals surface area contributed by atoms with Crippen molar-refractivity contribution in [3.05, 3.63) is 33.1 Å². The Morgan fingerprint density at radius 3 is 2.80 bits per heavy atom. The molecule has 0 atom stereocenters. The van der Waals surface area contributed by atoms with Crippen molar-refractivity contribution >= 4 is 23.4 Å². The molecule has 2 aromatic rings. The second-order valence-electron chi connectivity index (χ2n) is 5.10. The molecule has 1 heterocycles. The van der Waals surface area contributed by atoms with Crippen molar-refractivity contribution in [2.45, 2.75) is 24.9 Å². The van der Waals surface area contributed by atoms with Crippen LogP contribution in [-0.4, -0.2) is 29.9 Å². The summed E-state index contributed by atoms with van der Waals surface area (Å²) in [7, 11) is 1.51. The highest BCUT2D eigenvalue weighted by molar-refractivity contribution is 7.98. The SMILES string of the molecule is CCCCOc1c(Cl)cc(-c2nc(SC)[nH]c(=O)c2C#N)cc1OC. The van der Waals surface area contributed by atoms with Gasteiger partial charge in [-0.1, -0.05) is 36.7 Å². The number of ether oxygens (including phenoxy) is 2. The lowest BCUT2D eigenvalue weighted by molar-refractivity contribution is 0.288. The van der Waals surface area contributed by atoms with Gasteiger partial charge in [-0.3, -0.25) is 4.79 Å². The van der Waals surface area contributed by atoms with E-state index in [0.29, 0.717) is 33.8 Å². The quantitative estimate of drug-likeness (QED) is 0.446. The third kappa shape index (κ3) is 4.27. The number of nitriles is 1. The summed E-state index contributed by atoms with van der Waals surface area (Å²) in [6.45, 7) is 2.59. The minimum absolute atomic E-state index is 0.0735.